The zero-order valence-corrected chi connectivity index (χ0v) is 17.9. The van der Waals surface area contributed by atoms with Crippen LogP contribution in [0.4, 0.5) is 15.9 Å². The van der Waals surface area contributed by atoms with Gasteiger partial charge in [0, 0.05) is 24.3 Å². The van der Waals surface area contributed by atoms with Crippen LogP contribution < -0.4 is 10.6 Å². The van der Waals surface area contributed by atoms with Gasteiger partial charge in [-0.1, -0.05) is 19.3 Å². The Morgan fingerprint density at radius 1 is 1.19 bits per heavy atom. The molecule has 0 radical (unpaired) electrons. The van der Waals surface area contributed by atoms with Crippen LogP contribution in [0.1, 0.15) is 49.0 Å². The minimum absolute atomic E-state index is 0.235. The molecule has 2 aromatic heterocycles. The second-order valence-corrected chi connectivity index (χ2v) is 8.20. The summed E-state index contributed by atoms with van der Waals surface area (Å²) in [6.07, 6.45) is 9.00. The quantitative estimate of drug-likeness (QED) is 0.493. The molecule has 1 fully saturated rings. The van der Waals surface area contributed by atoms with Crippen molar-refractivity contribution in [3.63, 3.8) is 0 Å². The number of hydrogen-bond acceptors (Lipinski definition) is 5. The standard InChI is InChI=1S/C24H29FN4O2/c1-29(19-6-3-2-4-7-19)14-5-13-26-24(30)21-16-22-20(12-15-31-22)23(28-21)27-18-10-8-17(25)9-11-18/h8-12,15-16,19H,2-7,13-14H2,1H3,(H,26,30)(H,27,28). The minimum Gasteiger partial charge on any atom is -0.464 e. The van der Waals surface area contributed by atoms with Gasteiger partial charge in [-0.05, 0) is 63.2 Å². The number of fused-ring (bicyclic) bond motifs is 1. The van der Waals surface area contributed by atoms with Gasteiger partial charge in [-0.25, -0.2) is 9.37 Å². The number of furan rings is 1. The molecule has 4 rings (SSSR count). The number of nitrogens with one attached hydrogen (secondary N) is 2. The van der Waals surface area contributed by atoms with Crippen molar-refractivity contribution in [3.8, 4) is 0 Å². The first kappa shape index (κ1) is 21.3. The third kappa shape index (κ3) is 5.41. The predicted octanol–water partition coefficient (Wildman–Crippen LogP) is 5.09. The number of aromatic nitrogens is 1. The highest BCUT2D eigenvalue weighted by molar-refractivity contribution is 5.99. The van der Waals surface area contributed by atoms with Gasteiger partial charge in [0.25, 0.3) is 5.91 Å². The lowest BCUT2D eigenvalue weighted by Crippen LogP contribution is -2.36. The first-order valence-electron chi connectivity index (χ1n) is 11.0. The summed E-state index contributed by atoms with van der Waals surface area (Å²) in [4.78, 5) is 19.6. The van der Waals surface area contributed by atoms with Crippen molar-refractivity contribution in [1.82, 2.24) is 15.2 Å². The smallest absolute Gasteiger partial charge is 0.270 e. The highest BCUT2D eigenvalue weighted by Crippen LogP contribution is 2.27. The van der Waals surface area contributed by atoms with Crippen LogP contribution in [-0.2, 0) is 0 Å². The van der Waals surface area contributed by atoms with Crippen molar-refractivity contribution < 1.29 is 13.6 Å². The third-order valence-corrected chi connectivity index (χ3v) is 5.96. The molecule has 0 spiro atoms. The maximum absolute atomic E-state index is 13.2. The fraction of sp³-hybridized carbons (Fsp3) is 0.417. The lowest BCUT2D eigenvalue weighted by atomic mass is 9.94. The molecule has 6 nitrogen and oxygen atoms in total. The summed E-state index contributed by atoms with van der Waals surface area (Å²) < 4.78 is 18.7. The summed E-state index contributed by atoms with van der Waals surface area (Å²) in [7, 11) is 2.18. The predicted molar refractivity (Wildman–Crippen MR) is 120 cm³/mol. The van der Waals surface area contributed by atoms with Crippen molar-refractivity contribution >= 4 is 28.4 Å². The van der Waals surface area contributed by atoms with E-state index in [1.807, 2.05) is 0 Å². The molecule has 1 saturated carbocycles. The summed E-state index contributed by atoms with van der Waals surface area (Å²) >= 11 is 0. The molecule has 0 saturated heterocycles. The number of carbonyl (C=O) groups excluding carboxylic acids is 1. The Balaban J connectivity index is 1.37. The summed E-state index contributed by atoms with van der Waals surface area (Å²) in [5.74, 6) is -0.0463. The van der Waals surface area contributed by atoms with Gasteiger partial charge in [0.05, 0.1) is 11.6 Å². The summed E-state index contributed by atoms with van der Waals surface area (Å²) in [5.41, 5.74) is 1.54. The molecule has 0 atom stereocenters. The van der Waals surface area contributed by atoms with E-state index in [2.05, 4.69) is 27.6 Å². The lowest BCUT2D eigenvalue weighted by molar-refractivity contribution is 0.0945. The molecular weight excluding hydrogens is 395 g/mol. The van der Waals surface area contributed by atoms with Crippen LogP contribution >= 0.6 is 0 Å². The van der Waals surface area contributed by atoms with E-state index in [-0.39, 0.29) is 17.4 Å². The van der Waals surface area contributed by atoms with Gasteiger partial charge in [-0.15, -0.1) is 0 Å². The van der Waals surface area contributed by atoms with E-state index >= 15 is 0 Å². The minimum atomic E-state index is -0.311. The van der Waals surface area contributed by atoms with Crippen LogP contribution in [-0.4, -0.2) is 42.0 Å². The molecule has 0 bridgehead atoms. The van der Waals surface area contributed by atoms with Crippen LogP contribution in [0.2, 0.25) is 0 Å². The van der Waals surface area contributed by atoms with Crippen LogP contribution in [0.25, 0.3) is 11.0 Å². The van der Waals surface area contributed by atoms with Crippen molar-refractivity contribution in [3.05, 3.63) is 54.2 Å². The van der Waals surface area contributed by atoms with Gasteiger partial charge in [0.15, 0.2) is 0 Å². The van der Waals surface area contributed by atoms with Crippen LogP contribution in [0.15, 0.2) is 47.1 Å². The fourth-order valence-corrected chi connectivity index (χ4v) is 4.17. The van der Waals surface area contributed by atoms with E-state index in [1.54, 1.807) is 30.5 Å². The van der Waals surface area contributed by atoms with Gasteiger partial charge >= 0.3 is 0 Å². The Kier molecular flexibility index (Phi) is 6.82. The Morgan fingerprint density at radius 3 is 2.74 bits per heavy atom. The number of anilines is 2. The maximum atomic E-state index is 13.2. The van der Waals surface area contributed by atoms with Crippen LogP contribution in [0, 0.1) is 5.82 Å². The summed E-state index contributed by atoms with van der Waals surface area (Å²) in [6.45, 7) is 1.56. The highest BCUT2D eigenvalue weighted by Gasteiger charge is 2.18. The average Bonchev–Trinajstić information content (AvgIpc) is 3.27. The number of hydrogen-bond donors (Lipinski definition) is 2. The molecule has 1 aromatic carbocycles. The van der Waals surface area contributed by atoms with Crippen LogP contribution in [0.3, 0.4) is 0 Å². The first-order chi connectivity index (χ1) is 15.1. The number of benzene rings is 1. The van der Waals surface area contributed by atoms with Gasteiger partial charge in [0.2, 0.25) is 0 Å². The normalized spacial score (nSPS) is 14.8. The van der Waals surface area contributed by atoms with E-state index in [0.717, 1.165) is 18.4 Å². The fourth-order valence-electron chi connectivity index (χ4n) is 4.17. The zero-order chi connectivity index (χ0) is 21.6. The van der Waals surface area contributed by atoms with E-state index < -0.39 is 0 Å². The number of pyridine rings is 1. The first-order valence-corrected chi connectivity index (χ1v) is 11.0. The monoisotopic (exact) mass is 424 g/mol. The van der Waals surface area contributed by atoms with E-state index in [0.29, 0.717) is 29.7 Å². The Hall–Kier alpha value is -2.93. The number of rotatable bonds is 8. The molecule has 2 N–H and O–H groups in total. The molecule has 2 heterocycles. The molecule has 164 valence electrons. The van der Waals surface area contributed by atoms with Crippen molar-refractivity contribution in [1.29, 1.82) is 0 Å². The summed E-state index contributed by atoms with van der Waals surface area (Å²) in [6, 6.07) is 10.1. The number of halogens is 1. The van der Waals surface area contributed by atoms with Crippen molar-refractivity contribution in [2.75, 3.05) is 25.5 Å². The molecular formula is C24H29FN4O2. The SMILES string of the molecule is CN(CCCNC(=O)c1cc2occc2c(Nc2ccc(F)cc2)n1)C1CCCCC1. The number of nitrogens with zero attached hydrogens (tertiary/aromatic N) is 2. The van der Waals surface area contributed by atoms with Gasteiger partial charge in [0.1, 0.15) is 22.9 Å². The molecule has 7 heteroatoms. The van der Waals surface area contributed by atoms with Gasteiger partial charge in [-0.2, -0.15) is 0 Å². The highest BCUT2D eigenvalue weighted by atomic mass is 19.1. The molecule has 31 heavy (non-hydrogen) atoms. The van der Waals surface area contributed by atoms with Crippen molar-refractivity contribution in [2.24, 2.45) is 0 Å². The second-order valence-electron chi connectivity index (χ2n) is 8.20. The Labute approximate surface area is 181 Å². The zero-order valence-electron chi connectivity index (χ0n) is 17.9. The molecule has 3 aromatic rings. The van der Waals surface area contributed by atoms with E-state index in [4.69, 9.17) is 4.42 Å². The number of carbonyl (C=O) groups is 1. The Morgan fingerprint density at radius 2 is 1.97 bits per heavy atom. The van der Waals surface area contributed by atoms with Gasteiger partial charge in [-0.3, -0.25) is 4.79 Å². The third-order valence-electron chi connectivity index (χ3n) is 5.96. The molecule has 0 unspecified atom stereocenters. The average molecular weight is 425 g/mol. The van der Waals surface area contributed by atoms with Gasteiger partial charge < -0.3 is 20.0 Å². The Bertz CT molecular complexity index is 1010. The summed E-state index contributed by atoms with van der Waals surface area (Å²) in [5, 5.41) is 6.87. The van der Waals surface area contributed by atoms with Crippen molar-refractivity contribution in [2.45, 2.75) is 44.6 Å². The molecule has 0 aliphatic heterocycles. The second kappa shape index (κ2) is 9.92. The molecule has 1 amide bonds. The maximum Gasteiger partial charge on any atom is 0.270 e. The van der Waals surface area contributed by atoms with E-state index in [9.17, 15) is 9.18 Å². The largest absolute Gasteiger partial charge is 0.464 e. The molecule has 1 aliphatic rings. The molecule has 1 aliphatic carbocycles. The van der Waals surface area contributed by atoms with E-state index in [1.165, 1.54) is 44.2 Å². The lowest BCUT2D eigenvalue weighted by Gasteiger charge is -2.31. The topological polar surface area (TPSA) is 70.4 Å². The number of amides is 1. The van der Waals surface area contributed by atoms with Crippen LogP contribution in [0.5, 0.6) is 0 Å².